The van der Waals surface area contributed by atoms with Crippen molar-refractivity contribution in [3.8, 4) is 0 Å². The fraction of sp³-hybridized carbons (Fsp3) is 0.455. The van der Waals surface area contributed by atoms with Crippen LogP contribution in [0.2, 0.25) is 0 Å². The van der Waals surface area contributed by atoms with Crippen LogP contribution in [0, 0.1) is 0 Å². The molecule has 0 aliphatic carbocycles. The van der Waals surface area contributed by atoms with Crippen LogP contribution in [0.4, 0.5) is 0 Å². The zero-order valence-corrected chi connectivity index (χ0v) is 11.3. The minimum Gasteiger partial charge on any atom is -0.478 e. The van der Waals surface area contributed by atoms with Crippen LogP contribution in [0.15, 0.2) is 11.4 Å². The van der Waals surface area contributed by atoms with Crippen LogP contribution in [0.3, 0.4) is 0 Å². The van der Waals surface area contributed by atoms with Crippen molar-refractivity contribution in [2.24, 2.45) is 0 Å². The van der Waals surface area contributed by atoms with Gasteiger partial charge in [-0.25, -0.2) is 4.79 Å². The number of rotatable bonds is 6. The van der Waals surface area contributed by atoms with Gasteiger partial charge in [-0.3, -0.25) is 4.79 Å². The lowest BCUT2D eigenvalue weighted by atomic mass is 10.1. The summed E-state index contributed by atoms with van der Waals surface area (Å²) in [5.74, 6) is -0.739. The number of hydrogen-bond donors (Lipinski definition) is 3. The molecule has 2 atom stereocenters. The van der Waals surface area contributed by atoms with Crippen LogP contribution < -0.4 is 0 Å². The minimum atomic E-state index is -1.23. The third-order valence-corrected chi connectivity index (χ3v) is 4.11. The van der Waals surface area contributed by atoms with Crippen molar-refractivity contribution in [2.75, 3.05) is 5.75 Å². The largest absolute Gasteiger partial charge is 0.478 e. The molecule has 1 aromatic rings. The van der Waals surface area contributed by atoms with E-state index in [2.05, 4.69) is 0 Å². The molecule has 1 aromatic heterocycles. The smallest absolute Gasteiger partial charge is 0.336 e. The molecule has 0 saturated heterocycles. The standard InChI is InChI=1S/C11H14O5S2/c1-6(12)17-5-3-8(13)9(14)10-7(11(15)16)2-4-18-10/h2,4,8-9,13-14H,3,5H2,1H3,(H,15,16). The molecular weight excluding hydrogens is 276 g/mol. The maximum Gasteiger partial charge on any atom is 0.336 e. The van der Waals surface area contributed by atoms with Gasteiger partial charge in [0.2, 0.25) is 0 Å². The molecule has 0 fully saturated rings. The van der Waals surface area contributed by atoms with Gasteiger partial charge in [0.25, 0.3) is 0 Å². The van der Waals surface area contributed by atoms with E-state index in [0.717, 1.165) is 23.1 Å². The molecule has 0 aliphatic heterocycles. The van der Waals surface area contributed by atoms with E-state index in [1.54, 1.807) is 5.38 Å². The summed E-state index contributed by atoms with van der Waals surface area (Å²) in [5, 5.41) is 30.0. The van der Waals surface area contributed by atoms with E-state index in [-0.39, 0.29) is 22.0 Å². The van der Waals surface area contributed by atoms with Crippen LogP contribution >= 0.6 is 23.1 Å². The van der Waals surface area contributed by atoms with Gasteiger partial charge < -0.3 is 15.3 Å². The summed E-state index contributed by atoms with van der Waals surface area (Å²) < 4.78 is 0. The average Bonchev–Trinajstić information content (AvgIpc) is 2.76. The van der Waals surface area contributed by atoms with Crippen molar-refractivity contribution in [3.05, 3.63) is 21.9 Å². The highest BCUT2D eigenvalue weighted by Crippen LogP contribution is 2.28. The van der Waals surface area contributed by atoms with Gasteiger partial charge in [0.1, 0.15) is 6.10 Å². The van der Waals surface area contributed by atoms with E-state index in [4.69, 9.17) is 5.11 Å². The van der Waals surface area contributed by atoms with E-state index in [0.29, 0.717) is 5.75 Å². The molecule has 18 heavy (non-hydrogen) atoms. The van der Waals surface area contributed by atoms with E-state index in [1.165, 1.54) is 13.0 Å². The number of hydrogen-bond acceptors (Lipinski definition) is 6. The number of aliphatic hydroxyl groups excluding tert-OH is 2. The second kappa shape index (κ2) is 6.89. The number of carbonyl (C=O) groups is 2. The Bertz CT molecular complexity index is 429. The number of aromatic carboxylic acids is 1. The first kappa shape index (κ1) is 15.2. The third kappa shape index (κ3) is 4.09. The van der Waals surface area contributed by atoms with Crippen molar-refractivity contribution in [1.82, 2.24) is 0 Å². The van der Waals surface area contributed by atoms with E-state index >= 15 is 0 Å². The predicted octanol–water partition coefficient (Wildman–Crippen LogP) is 1.51. The Balaban J connectivity index is 2.62. The van der Waals surface area contributed by atoms with Gasteiger partial charge in [-0.1, -0.05) is 11.8 Å². The summed E-state index contributed by atoms with van der Waals surface area (Å²) >= 11 is 2.15. The Hall–Kier alpha value is -0.890. The van der Waals surface area contributed by atoms with Crippen LogP contribution in [-0.4, -0.2) is 38.3 Å². The monoisotopic (exact) mass is 290 g/mol. The van der Waals surface area contributed by atoms with Crippen molar-refractivity contribution >= 4 is 34.2 Å². The minimum absolute atomic E-state index is 0.00534. The lowest BCUT2D eigenvalue weighted by Gasteiger charge is -2.16. The fourth-order valence-corrected chi connectivity index (χ4v) is 2.96. The molecule has 0 bridgehead atoms. The number of carbonyl (C=O) groups excluding carboxylic acids is 1. The van der Waals surface area contributed by atoms with E-state index in [9.17, 15) is 19.8 Å². The Morgan fingerprint density at radius 1 is 1.44 bits per heavy atom. The van der Waals surface area contributed by atoms with Gasteiger partial charge in [0, 0.05) is 12.7 Å². The molecular formula is C11H14O5S2. The zero-order chi connectivity index (χ0) is 13.7. The molecule has 0 saturated carbocycles. The summed E-state index contributed by atoms with van der Waals surface area (Å²) in [4.78, 5) is 21.8. The van der Waals surface area contributed by atoms with Crippen LogP contribution in [0.5, 0.6) is 0 Å². The number of thioether (sulfide) groups is 1. The van der Waals surface area contributed by atoms with Gasteiger partial charge >= 0.3 is 5.97 Å². The van der Waals surface area contributed by atoms with Gasteiger partial charge in [0.05, 0.1) is 16.5 Å². The zero-order valence-electron chi connectivity index (χ0n) is 9.70. The quantitative estimate of drug-likeness (QED) is 0.735. The molecule has 0 spiro atoms. The third-order valence-electron chi connectivity index (χ3n) is 2.28. The average molecular weight is 290 g/mol. The number of aliphatic hydroxyl groups is 2. The summed E-state index contributed by atoms with van der Waals surface area (Å²) in [6.45, 7) is 1.43. The van der Waals surface area contributed by atoms with Gasteiger partial charge in [-0.2, -0.15) is 0 Å². The molecule has 7 heteroatoms. The molecule has 1 heterocycles. The van der Waals surface area contributed by atoms with Crippen molar-refractivity contribution in [3.63, 3.8) is 0 Å². The van der Waals surface area contributed by atoms with Crippen molar-refractivity contribution in [2.45, 2.75) is 25.6 Å². The Morgan fingerprint density at radius 2 is 2.11 bits per heavy atom. The molecule has 0 aromatic carbocycles. The summed E-state index contributed by atoms with van der Waals surface area (Å²) in [7, 11) is 0. The second-order valence-corrected chi connectivity index (χ2v) is 5.86. The number of carboxylic acids is 1. The molecule has 3 N–H and O–H groups in total. The first-order valence-corrected chi connectivity index (χ1v) is 7.10. The lowest BCUT2D eigenvalue weighted by molar-refractivity contribution is -0.109. The highest BCUT2D eigenvalue weighted by molar-refractivity contribution is 8.13. The maximum absolute atomic E-state index is 10.9. The predicted molar refractivity (Wildman–Crippen MR) is 70.0 cm³/mol. The highest BCUT2D eigenvalue weighted by Gasteiger charge is 2.24. The van der Waals surface area contributed by atoms with Gasteiger partial charge in [0.15, 0.2) is 5.12 Å². The van der Waals surface area contributed by atoms with Crippen LogP contribution in [0.1, 0.15) is 34.7 Å². The second-order valence-electron chi connectivity index (χ2n) is 3.64. The summed E-state index contributed by atoms with van der Waals surface area (Å²) in [6.07, 6.45) is -2.08. The summed E-state index contributed by atoms with van der Waals surface area (Å²) in [5.41, 5.74) is 0.00534. The van der Waals surface area contributed by atoms with Gasteiger partial charge in [-0.05, 0) is 17.9 Å². The molecule has 1 rings (SSSR count). The number of carboxylic acid groups (broad SMARTS) is 1. The first-order valence-electron chi connectivity index (χ1n) is 5.23. The number of thiophene rings is 1. The Kier molecular flexibility index (Phi) is 5.80. The molecule has 0 radical (unpaired) electrons. The first-order chi connectivity index (χ1) is 8.43. The lowest BCUT2D eigenvalue weighted by Crippen LogP contribution is -2.20. The molecule has 0 amide bonds. The molecule has 2 unspecified atom stereocenters. The van der Waals surface area contributed by atoms with Crippen molar-refractivity contribution in [1.29, 1.82) is 0 Å². The van der Waals surface area contributed by atoms with Gasteiger partial charge in [-0.15, -0.1) is 11.3 Å². The molecule has 5 nitrogen and oxygen atoms in total. The fourth-order valence-electron chi connectivity index (χ4n) is 1.38. The maximum atomic E-state index is 10.9. The Morgan fingerprint density at radius 3 is 2.67 bits per heavy atom. The van der Waals surface area contributed by atoms with E-state index in [1.807, 2.05) is 0 Å². The normalized spacial score (nSPS) is 14.2. The topological polar surface area (TPSA) is 94.8 Å². The van der Waals surface area contributed by atoms with E-state index < -0.39 is 18.2 Å². The SMILES string of the molecule is CC(=O)SCCC(O)C(O)c1sccc1C(=O)O. The Labute approximate surface area is 112 Å². The van der Waals surface area contributed by atoms with Crippen LogP contribution in [-0.2, 0) is 4.79 Å². The molecule has 0 aliphatic rings. The molecule has 100 valence electrons. The van der Waals surface area contributed by atoms with Crippen LogP contribution in [0.25, 0.3) is 0 Å². The summed E-state index contributed by atoms with van der Waals surface area (Å²) in [6, 6.07) is 1.39. The van der Waals surface area contributed by atoms with Crippen molar-refractivity contribution < 1.29 is 24.9 Å². The highest BCUT2D eigenvalue weighted by atomic mass is 32.2.